The fourth-order valence-electron chi connectivity index (χ4n) is 0.792. The molecule has 1 amide bonds. The molecule has 0 bridgehead atoms. The maximum atomic E-state index is 11.0. The fraction of sp³-hybridized carbons (Fsp3) is 0.857. The highest BCUT2D eigenvalue weighted by Crippen LogP contribution is 2.10. The van der Waals surface area contributed by atoms with Crippen LogP contribution in [0.25, 0.3) is 0 Å². The summed E-state index contributed by atoms with van der Waals surface area (Å²) in [6.07, 6.45) is -0.375. The lowest BCUT2D eigenvalue weighted by molar-refractivity contribution is 0.0580. The fourth-order valence-corrected chi connectivity index (χ4v) is 0.792. The van der Waals surface area contributed by atoms with Crippen LogP contribution in [0, 0.1) is 0 Å². The summed E-state index contributed by atoms with van der Waals surface area (Å²) in [6.45, 7) is 5.75. The van der Waals surface area contributed by atoms with Crippen LogP contribution in [0.5, 0.6) is 0 Å². The molecular formula is C7H16N2O2. The van der Waals surface area contributed by atoms with Gasteiger partial charge >= 0.3 is 6.09 Å². The zero-order chi connectivity index (χ0) is 9.07. The number of hydrogen-bond acceptors (Lipinski definition) is 3. The number of rotatable bonds is 1. The molecule has 4 heteroatoms. The quantitative estimate of drug-likeness (QED) is 0.581. The summed E-state index contributed by atoms with van der Waals surface area (Å²) in [4.78, 5) is 11.0. The van der Waals surface area contributed by atoms with Gasteiger partial charge in [-0.25, -0.2) is 15.2 Å². The molecule has 0 aromatic heterocycles. The van der Waals surface area contributed by atoms with Crippen molar-refractivity contribution in [3.05, 3.63) is 0 Å². The number of hydrazine groups is 1. The van der Waals surface area contributed by atoms with Gasteiger partial charge in [0.1, 0.15) is 0 Å². The molecular weight excluding hydrogens is 144 g/mol. The van der Waals surface area contributed by atoms with Gasteiger partial charge in [0.05, 0.1) is 12.6 Å². The Balaban J connectivity index is 4.29. The first kappa shape index (κ1) is 10.2. The molecule has 0 saturated carbocycles. The van der Waals surface area contributed by atoms with Crippen molar-refractivity contribution in [3.63, 3.8) is 0 Å². The minimum atomic E-state index is -0.375. The van der Waals surface area contributed by atoms with Gasteiger partial charge < -0.3 is 4.74 Å². The van der Waals surface area contributed by atoms with Crippen molar-refractivity contribution in [1.82, 2.24) is 10.4 Å². The molecule has 0 spiro atoms. The predicted molar refractivity (Wildman–Crippen MR) is 43.1 cm³/mol. The van der Waals surface area contributed by atoms with E-state index >= 15 is 0 Å². The third-order valence-corrected chi connectivity index (χ3v) is 1.25. The Morgan fingerprint density at radius 2 is 1.91 bits per heavy atom. The SMILES string of the molecule is CNN(C(=O)OC)C(C)(C)C. The highest BCUT2D eigenvalue weighted by molar-refractivity contribution is 5.67. The Labute approximate surface area is 67.5 Å². The Hall–Kier alpha value is -0.770. The second-order valence-electron chi connectivity index (χ2n) is 3.20. The highest BCUT2D eigenvalue weighted by atomic mass is 16.5. The number of nitrogens with zero attached hydrogens (tertiary/aromatic N) is 1. The Morgan fingerprint density at radius 3 is 2.00 bits per heavy atom. The molecule has 0 fully saturated rings. The van der Waals surface area contributed by atoms with Gasteiger partial charge in [0, 0.05) is 7.05 Å². The first-order valence-electron chi connectivity index (χ1n) is 3.49. The van der Waals surface area contributed by atoms with Crippen molar-refractivity contribution in [2.24, 2.45) is 0 Å². The summed E-state index contributed by atoms with van der Waals surface area (Å²) in [7, 11) is 3.04. The van der Waals surface area contributed by atoms with Crippen molar-refractivity contribution in [2.45, 2.75) is 26.3 Å². The van der Waals surface area contributed by atoms with Gasteiger partial charge in [-0.3, -0.25) is 0 Å². The van der Waals surface area contributed by atoms with E-state index in [1.54, 1.807) is 7.05 Å². The summed E-state index contributed by atoms with van der Waals surface area (Å²) >= 11 is 0. The second-order valence-corrected chi connectivity index (χ2v) is 3.20. The van der Waals surface area contributed by atoms with E-state index in [1.165, 1.54) is 12.1 Å². The van der Waals surface area contributed by atoms with Gasteiger partial charge in [-0.15, -0.1) is 0 Å². The topological polar surface area (TPSA) is 41.6 Å². The maximum Gasteiger partial charge on any atom is 0.424 e. The molecule has 0 saturated heterocycles. The highest BCUT2D eigenvalue weighted by Gasteiger charge is 2.25. The summed E-state index contributed by atoms with van der Waals surface area (Å²) < 4.78 is 4.55. The molecule has 0 aromatic rings. The molecule has 0 atom stereocenters. The van der Waals surface area contributed by atoms with Gasteiger partial charge in [-0.05, 0) is 20.8 Å². The summed E-state index contributed by atoms with van der Waals surface area (Å²) in [5, 5.41) is 1.42. The Morgan fingerprint density at radius 1 is 1.45 bits per heavy atom. The number of hydrogen-bond donors (Lipinski definition) is 1. The Kier molecular flexibility index (Phi) is 3.32. The van der Waals surface area contributed by atoms with E-state index in [0.717, 1.165) is 0 Å². The van der Waals surface area contributed by atoms with Crippen LogP contribution in [0.2, 0.25) is 0 Å². The second kappa shape index (κ2) is 3.57. The van der Waals surface area contributed by atoms with E-state index in [9.17, 15) is 4.79 Å². The minimum Gasteiger partial charge on any atom is -0.452 e. The van der Waals surface area contributed by atoms with Crippen LogP contribution in [-0.4, -0.2) is 30.8 Å². The zero-order valence-corrected chi connectivity index (χ0v) is 7.76. The van der Waals surface area contributed by atoms with E-state index in [-0.39, 0.29) is 11.6 Å². The molecule has 0 rings (SSSR count). The first-order valence-corrected chi connectivity index (χ1v) is 3.49. The van der Waals surface area contributed by atoms with Gasteiger partial charge in [-0.1, -0.05) is 0 Å². The normalized spacial score (nSPS) is 11.0. The number of carbonyl (C=O) groups excluding carboxylic acids is 1. The third kappa shape index (κ3) is 2.76. The van der Waals surface area contributed by atoms with Crippen molar-refractivity contribution in [1.29, 1.82) is 0 Å². The largest absolute Gasteiger partial charge is 0.452 e. The van der Waals surface area contributed by atoms with Gasteiger partial charge in [-0.2, -0.15) is 0 Å². The lowest BCUT2D eigenvalue weighted by atomic mass is 10.1. The van der Waals surface area contributed by atoms with Crippen LogP contribution in [0.1, 0.15) is 20.8 Å². The van der Waals surface area contributed by atoms with Gasteiger partial charge in [0.15, 0.2) is 0 Å². The Bertz CT molecular complexity index is 140. The number of carbonyl (C=O) groups is 1. The molecule has 0 aliphatic carbocycles. The van der Waals surface area contributed by atoms with Crippen molar-refractivity contribution in [3.8, 4) is 0 Å². The zero-order valence-electron chi connectivity index (χ0n) is 7.76. The molecule has 66 valence electrons. The number of ether oxygens (including phenoxy) is 1. The molecule has 11 heavy (non-hydrogen) atoms. The molecule has 4 nitrogen and oxygen atoms in total. The van der Waals surface area contributed by atoms with Crippen LogP contribution < -0.4 is 5.43 Å². The predicted octanol–water partition coefficient (Wildman–Crippen LogP) is 0.988. The average Bonchev–Trinajstić information content (AvgIpc) is 1.86. The smallest absolute Gasteiger partial charge is 0.424 e. The van der Waals surface area contributed by atoms with Crippen LogP contribution in [0.3, 0.4) is 0 Å². The minimum absolute atomic E-state index is 0.262. The van der Waals surface area contributed by atoms with E-state index in [1.807, 2.05) is 20.8 Å². The molecule has 0 unspecified atom stereocenters. The van der Waals surface area contributed by atoms with E-state index in [0.29, 0.717) is 0 Å². The maximum absolute atomic E-state index is 11.0. The van der Waals surface area contributed by atoms with Crippen LogP contribution in [0.4, 0.5) is 4.79 Å². The third-order valence-electron chi connectivity index (χ3n) is 1.25. The molecule has 0 aliphatic rings. The molecule has 0 radical (unpaired) electrons. The van der Waals surface area contributed by atoms with Crippen LogP contribution >= 0.6 is 0 Å². The summed E-state index contributed by atoms with van der Waals surface area (Å²) in [6, 6.07) is 0. The molecule has 1 N–H and O–H groups in total. The van der Waals surface area contributed by atoms with Gasteiger partial charge in [0.25, 0.3) is 0 Å². The van der Waals surface area contributed by atoms with E-state index in [4.69, 9.17) is 0 Å². The number of amides is 1. The average molecular weight is 160 g/mol. The van der Waals surface area contributed by atoms with E-state index < -0.39 is 0 Å². The van der Waals surface area contributed by atoms with Crippen LogP contribution in [-0.2, 0) is 4.74 Å². The van der Waals surface area contributed by atoms with Crippen molar-refractivity contribution >= 4 is 6.09 Å². The molecule has 0 aromatic carbocycles. The van der Waals surface area contributed by atoms with Gasteiger partial charge in [0.2, 0.25) is 0 Å². The lowest BCUT2D eigenvalue weighted by Gasteiger charge is -2.32. The number of methoxy groups -OCH3 is 1. The molecule has 0 aliphatic heterocycles. The molecule has 0 heterocycles. The number of nitrogens with one attached hydrogen (secondary N) is 1. The van der Waals surface area contributed by atoms with Crippen molar-refractivity contribution < 1.29 is 9.53 Å². The standard InChI is InChI=1S/C7H16N2O2/c1-7(2,3)9(8-4)6(10)11-5/h8H,1-5H3. The first-order chi connectivity index (χ1) is 4.93. The monoisotopic (exact) mass is 160 g/mol. The van der Waals surface area contributed by atoms with Crippen LogP contribution in [0.15, 0.2) is 0 Å². The summed E-state index contributed by atoms with van der Waals surface area (Å²) in [5.41, 5.74) is 2.49. The van der Waals surface area contributed by atoms with E-state index in [2.05, 4.69) is 10.2 Å². The summed E-state index contributed by atoms with van der Waals surface area (Å²) in [5.74, 6) is 0. The van der Waals surface area contributed by atoms with Crippen molar-refractivity contribution in [2.75, 3.05) is 14.2 Å². The lowest BCUT2D eigenvalue weighted by Crippen LogP contribution is -2.52.